The summed E-state index contributed by atoms with van der Waals surface area (Å²) in [5.74, 6) is -1.34. The maximum atomic E-state index is 12.4. The molecule has 1 saturated heterocycles. The van der Waals surface area contributed by atoms with Gasteiger partial charge in [0.15, 0.2) is 0 Å². The van der Waals surface area contributed by atoms with Gasteiger partial charge in [0.25, 0.3) is 5.91 Å². The molecular formula is C15H20N2O4. The number of rotatable bonds is 4. The first-order valence-corrected chi connectivity index (χ1v) is 6.94. The third kappa shape index (κ3) is 3.58. The summed E-state index contributed by atoms with van der Waals surface area (Å²) in [5.41, 5.74) is 0.175. The van der Waals surface area contributed by atoms with Gasteiger partial charge in [-0.1, -0.05) is 13.0 Å². The van der Waals surface area contributed by atoms with Crippen LogP contribution in [0.5, 0.6) is 0 Å². The molecule has 0 unspecified atom stereocenters. The molecule has 1 aromatic heterocycles. The second kappa shape index (κ2) is 6.22. The van der Waals surface area contributed by atoms with E-state index in [2.05, 4.69) is 11.9 Å². The molecule has 0 bridgehead atoms. The summed E-state index contributed by atoms with van der Waals surface area (Å²) < 4.78 is 5.23. The molecule has 6 nitrogen and oxygen atoms in total. The lowest BCUT2D eigenvalue weighted by atomic mass is 9.81. The minimum absolute atomic E-state index is 0.0991. The van der Waals surface area contributed by atoms with Gasteiger partial charge in [-0.2, -0.15) is 0 Å². The third-order valence-electron chi connectivity index (χ3n) is 3.94. The summed E-state index contributed by atoms with van der Waals surface area (Å²) in [4.78, 5) is 28.9. The van der Waals surface area contributed by atoms with Crippen molar-refractivity contribution >= 4 is 11.9 Å². The first-order valence-electron chi connectivity index (χ1n) is 6.94. The van der Waals surface area contributed by atoms with Gasteiger partial charge >= 0.3 is 5.97 Å². The Morgan fingerprint density at radius 2 is 1.95 bits per heavy atom. The Morgan fingerprint density at radius 3 is 2.52 bits per heavy atom. The molecule has 1 aromatic rings. The maximum Gasteiger partial charge on any atom is 0.354 e. The van der Waals surface area contributed by atoms with Crippen LogP contribution in [0.3, 0.4) is 0 Å². The Hall–Kier alpha value is -1.95. The zero-order chi connectivity index (χ0) is 15.5. The summed E-state index contributed by atoms with van der Waals surface area (Å²) in [6, 6.07) is 4.48. The van der Waals surface area contributed by atoms with Crippen molar-refractivity contribution in [2.45, 2.75) is 19.8 Å². The van der Waals surface area contributed by atoms with Crippen LogP contribution in [0.2, 0.25) is 0 Å². The molecule has 2 heterocycles. The zero-order valence-corrected chi connectivity index (χ0v) is 12.3. The number of hydrogen-bond donors (Lipinski definition) is 1. The van der Waals surface area contributed by atoms with Crippen LogP contribution in [0.1, 0.15) is 40.7 Å². The van der Waals surface area contributed by atoms with E-state index in [1.54, 1.807) is 24.1 Å². The van der Waals surface area contributed by atoms with Crippen LogP contribution in [0.15, 0.2) is 18.2 Å². The molecular weight excluding hydrogens is 272 g/mol. The van der Waals surface area contributed by atoms with Crippen molar-refractivity contribution in [3.05, 3.63) is 29.6 Å². The molecule has 0 radical (unpaired) electrons. The molecule has 0 aliphatic carbocycles. The molecule has 114 valence electrons. The van der Waals surface area contributed by atoms with Gasteiger partial charge in [-0.25, -0.2) is 9.78 Å². The SMILES string of the molecule is COCC1(C)CCN(C(=O)c2cccc(C(=O)O)n2)CC1. The van der Waals surface area contributed by atoms with E-state index in [9.17, 15) is 9.59 Å². The number of hydrogen-bond acceptors (Lipinski definition) is 4. The second-order valence-electron chi connectivity index (χ2n) is 5.75. The minimum Gasteiger partial charge on any atom is -0.477 e. The lowest BCUT2D eigenvalue weighted by Gasteiger charge is -2.38. The number of aromatic carboxylic acids is 1. The number of piperidine rings is 1. The number of aromatic nitrogens is 1. The first-order chi connectivity index (χ1) is 9.95. The van der Waals surface area contributed by atoms with E-state index in [0.29, 0.717) is 19.7 Å². The van der Waals surface area contributed by atoms with E-state index in [1.165, 1.54) is 6.07 Å². The summed E-state index contributed by atoms with van der Waals surface area (Å²) in [7, 11) is 1.68. The zero-order valence-electron chi connectivity index (χ0n) is 12.3. The first kappa shape index (κ1) is 15.4. The molecule has 0 saturated carbocycles. The van der Waals surface area contributed by atoms with Gasteiger partial charge in [0.1, 0.15) is 11.4 Å². The number of likely N-dealkylation sites (tertiary alicyclic amines) is 1. The summed E-state index contributed by atoms with van der Waals surface area (Å²) in [5, 5.41) is 8.93. The van der Waals surface area contributed by atoms with Crippen LogP contribution in [0.25, 0.3) is 0 Å². The highest BCUT2D eigenvalue weighted by Crippen LogP contribution is 2.31. The molecule has 1 aliphatic rings. The molecule has 0 aromatic carbocycles. The predicted octanol–water partition coefficient (Wildman–Crippen LogP) is 1.67. The molecule has 1 fully saturated rings. The highest BCUT2D eigenvalue weighted by Gasteiger charge is 2.32. The molecule has 0 atom stereocenters. The number of methoxy groups -OCH3 is 1. The Bertz CT molecular complexity index is 536. The topological polar surface area (TPSA) is 79.7 Å². The fourth-order valence-corrected chi connectivity index (χ4v) is 2.58. The van der Waals surface area contributed by atoms with Gasteiger partial charge in [0, 0.05) is 20.2 Å². The largest absolute Gasteiger partial charge is 0.477 e. The predicted molar refractivity (Wildman–Crippen MR) is 76.3 cm³/mol. The number of amides is 1. The highest BCUT2D eigenvalue weighted by atomic mass is 16.5. The van der Waals surface area contributed by atoms with E-state index >= 15 is 0 Å². The van der Waals surface area contributed by atoms with E-state index < -0.39 is 5.97 Å². The van der Waals surface area contributed by atoms with Gasteiger partial charge in [-0.15, -0.1) is 0 Å². The monoisotopic (exact) mass is 292 g/mol. The normalized spacial score (nSPS) is 17.5. The Morgan fingerprint density at radius 1 is 1.33 bits per heavy atom. The smallest absolute Gasteiger partial charge is 0.354 e. The molecule has 6 heteroatoms. The van der Waals surface area contributed by atoms with E-state index in [1.807, 2.05) is 0 Å². The van der Waals surface area contributed by atoms with Crippen LogP contribution in [-0.4, -0.2) is 53.7 Å². The highest BCUT2D eigenvalue weighted by molar-refractivity contribution is 5.94. The third-order valence-corrected chi connectivity index (χ3v) is 3.94. The molecule has 1 amide bonds. The number of nitrogens with zero attached hydrogens (tertiary/aromatic N) is 2. The Labute approximate surface area is 123 Å². The van der Waals surface area contributed by atoms with Crippen molar-refractivity contribution < 1.29 is 19.4 Å². The van der Waals surface area contributed by atoms with Crippen molar-refractivity contribution in [1.29, 1.82) is 0 Å². The van der Waals surface area contributed by atoms with Crippen molar-refractivity contribution in [2.24, 2.45) is 5.41 Å². The van der Waals surface area contributed by atoms with Crippen molar-refractivity contribution in [3.8, 4) is 0 Å². The van der Waals surface area contributed by atoms with Crippen LogP contribution in [0.4, 0.5) is 0 Å². The molecule has 1 aliphatic heterocycles. The lowest BCUT2D eigenvalue weighted by molar-refractivity contribution is 0.0299. The van der Waals surface area contributed by atoms with Crippen molar-refractivity contribution in [1.82, 2.24) is 9.88 Å². The average Bonchev–Trinajstić information content (AvgIpc) is 2.47. The van der Waals surface area contributed by atoms with E-state index in [4.69, 9.17) is 9.84 Å². The molecule has 1 N–H and O–H groups in total. The number of pyridine rings is 1. The summed E-state index contributed by atoms with van der Waals surface area (Å²) in [6.07, 6.45) is 1.73. The summed E-state index contributed by atoms with van der Waals surface area (Å²) in [6.45, 7) is 4.11. The lowest BCUT2D eigenvalue weighted by Crippen LogP contribution is -2.44. The van der Waals surface area contributed by atoms with Crippen LogP contribution >= 0.6 is 0 Å². The Kier molecular flexibility index (Phi) is 4.57. The number of carboxylic acid groups (broad SMARTS) is 1. The summed E-state index contributed by atoms with van der Waals surface area (Å²) >= 11 is 0. The van der Waals surface area contributed by atoms with Crippen molar-refractivity contribution in [3.63, 3.8) is 0 Å². The number of carbonyl (C=O) groups excluding carboxylic acids is 1. The average molecular weight is 292 g/mol. The fourth-order valence-electron chi connectivity index (χ4n) is 2.58. The van der Waals surface area contributed by atoms with Gasteiger partial charge in [0.05, 0.1) is 6.61 Å². The van der Waals surface area contributed by atoms with Gasteiger partial charge in [-0.3, -0.25) is 4.79 Å². The molecule has 2 rings (SSSR count). The van der Waals surface area contributed by atoms with E-state index in [-0.39, 0.29) is 22.7 Å². The second-order valence-corrected chi connectivity index (χ2v) is 5.75. The van der Waals surface area contributed by atoms with Gasteiger partial charge in [-0.05, 0) is 30.4 Å². The van der Waals surface area contributed by atoms with Gasteiger partial charge < -0.3 is 14.7 Å². The maximum absolute atomic E-state index is 12.4. The van der Waals surface area contributed by atoms with Crippen LogP contribution < -0.4 is 0 Å². The Balaban J connectivity index is 2.05. The van der Waals surface area contributed by atoms with E-state index in [0.717, 1.165) is 12.8 Å². The van der Waals surface area contributed by atoms with Crippen LogP contribution in [-0.2, 0) is 4.74 Å². The number of ether oxygens (including phenoxy) is 1. The fraction of sp³-hybridized carbons (Fsp3) is 0.533. The van der Waals surface area contributed by atoms with Crippen molar-refractivity contribution in [2.75, 3.05) is 26.8 Å². The molecule has 21 heavy (non-hydrogen) atoms. The van der Waals surface area contributed by atoms with Crippen LogP contribution in [0, 0.1) is 5.41 Å². The number of carbonyl (C=O) groups is 2. The molecule has 0 spiro atoms. The van der Waals surface area contributed by atoms with Gasteiger partial charge in [0.2, 0.25) is 0 Å². The minimum atomic E-state index is -1.13. The standard InChI is InChI=1S/C15H20N2O4/c1-15(10-21-2)6-8-17(9-7-15)13(18)11-4-3-5-12(16-11)14(19)20/h3-5H,6-10H2,1-2H3,(H,19,20). The quantitative estimate of drug-likeness (QED) is 0.913. The number of carboxylic acids is 1.